The standard InChI is InChI=1S/C46H82NO8P/c1-5-6-7-8-9-10-11-12-13-19-22-25-28-31-34-37-41-52-45(44-55-56(50,51)54-42-39-47(2,3)4)43-53-46(49)38-35-32-29-26-23-20-17-15-14-16-18-21-24-27-30-33-36-40-48/h12-14,16-17,20-21,24,26,29,37,41,45,48H,5-11,15,18-19,22-23,25,27-28,30-36,38-40,42-44H2,1-4H3/p+1/b13-12-,16-14-,20-17-,24-21-,29-26-,41-37+/t45-/m1/s1. The van der Waals surface area contributed by atoms with Gasteiger partial charge < -0.3 is 24.0 Å². The second-order valence-electron chi connectivity index (χ2n) is 15.5. The van der Waals surface area contributed by atoms with Crippen LogP contribution in [0, 0.1) is 0 Å². The van der Waals surface area contributed by atoms with E-state index < -0.39 is 13.9 Å². The lowest BCUT2D eigenvalue weighted by Crippen LogP contribution is -2.37. The van der Waals surface area contributed by atoms with E-state index in [0.717, 1.165) is 77.0 Å². The normalized spacial score (nSPS) is 14.4. The van der Waals surface area contributed by atoms with Gasteiger partial charge in [0.1, 0.15) is 19.8 Å². The maximum absolute atomic E-state index is 12.5. The van der Waals surface area contributed by atoms with Crippen LogP contribution in [0.1, 0.15) is 155 Å². The summed E-state index contributed by atoms with van der Waals surface area (Å²) in [5.74, 6) is -0.345. The van der Waals surface area contributed by atoms with Crippen LogP contribution in [0.2, 0.25) is 0 Å². The summed E-state index contributed by atoms with van der Waals surface area (Å²) in [5.41, 5.74) is 0. The highest BCUT2D eigenvalue weighted by atomic mass is 31.2. The highest BCUT2D eigenvalue weighted by Crippen LogP contribution is 2.43. The first-order valence-corrected chi connectivity index (χ1v) is 23.3. The minimum Gasteiger partial charge on any atom is -0.492 e. The van der Waals surface area contributed by atoms with Crippen molar-refractivity contribution in [2.45, 2.75) is 161 Å². The van der Waals surface area contributed by atoms with E-state index in [2.05, 4.69) is 67.7 Å². The van der Waals surface area contributed by atoms with Gasteiger partial charge in [-0.05, 0) is 96.0 Å². The summed E-state index contributed by atoms with van der Waals surface area (Å²) in [5, 5.41) is 8.80. The second-order valence-corrected chi connectivity index (χ2v) is 17.0. The Morgan fingerprint density at radius 3 is 1.61 bits per heavy atom. The molecular formula is C46H83NO8P+. The Bertz CT molecular complexity index is 1120. The lowest BCUT2D eigenvalue weighted by atomic mass is 10.1. The number of quaternary nitrogens is 1. The topological polar surface area (TPSA) is 112 Å². The molecule has 10 heteroatoms. The molecule has 1 unspecified atom stereocenters. The van der Waals surface area contributed by atoms with Crippen LogP contribution in [-0.2, 0) is 27.9 Å². The predicted octanol–water partition coefficient (Wildman–Crippen LogP) is 12.0. The van der Waals surface area contributed by atoms with Crippen LogP contribution in [0.3, 0.4) is 0 Å². The maximum Gasteiger partial charge on any atom is 0.472 e. The van der Waals surface area contributed by atoms with E-state index >= 15 is 0 Å². The van der Waals surface area contributed by atoms with E-state index in [0.29, 0.717) is 17.4 Å². The van der Waals surface area contributed by atoms with Gasteiger partial charge in [0.25, 0.3) is 0 Å². The molecule has 0 fully saturated rings. The number of hydrogen-bond donors (Lipinski definition) is 2. The van der Waals surface area contributed by atoms with Gasteiger partial charge in [-0.1, -0.05) is 119 Å². The molecule has 0 saturated carbocycles. The summed E-state index contributed by atoms with van der Waals surface area (Å²) in [7, 11) is 1.61. The fourth-order valence-corrected chi connectivity index (χ4v) is 6.13. The summed E-state index contributed by atoms with van der Waals surface area (Å²) in [6.07, 6.45) is 49.1. The van der Waals surface area contributed by atoms with Crippen molar-refractivity contribution in [3.8, 4) is 0 Å². The number of unbranched alkanes of at least 4 members (excludes halogenated alkanes) is 15. The quantitative estimate of drug-likeness (QED) is 0.0157. The van der Waals surface area contributed by atoms with Crippen molar-refractivity contribution in [2.24, 2.45) is 0 Å². The number of likely N-dealkylation sites (N-methyl/N-ethyl adjacent to an activating group) is 1. The zero-order chi connectivity index (χ0) is 41.3. The SMILES string of the molecule is CCCCCCCC/C=C\CCCCCC/C=C/O[C@H](COC(=O)CCC/C=C\C/C=C\C/C=C\C/C=C\CCCCCO)COP(=O)(O)OCC[N+](C)(C)C. The van der Waals surface area contributed by atoms with Gasteiger partial charge in [0.15, 0.2) is 6.10 Å². The molecule has 9 nitrogen and oxygen atoms in total. The van der Waals surface area contributed by atoms with E-state index in [9.17, 15) is 14.3 Å². The van der Waals surface area contributed by atoms with Gasteiger partial charge in [-0.3, -0.25) is 13.8 Å². The summed E-state index contributed by atoms with van der Waals surface area (Å²) in [6, 6.07) is 0. The minimum atomic E-state index is -4.29. The van der Waals surface area contributed by atoms with Gasteiger partial charge in [-0.2, -0.15) is 0 Å². The third-order valence-corrected chi connectivity index (χ3v) is 9.87. The van der Waals surface area contributed by atoms with Crippen LogP contribution < -0.4 is 0 Å². The first-order chi connectivity index (χ1) is 27.1. The van der Waals surface area contributed by atoms with E-state index in [1.807, 2.05) is 27.2 Å². The molecule has 0 rings (SSSR count). The summed E-state index contributed by atoms with van der Waals surface area (Å²) in [4.78, 5) is 22.6. The minimum absolute atomic E-state index is 0.0713. The van der Waals surface area contributed by atoms with Crippen molar-refractivity contribution in [1.29, 1.82) is 0 Å². The monoisotopic (exact) mass is 809 g/mol. The summed E-state index contributed by atoms with van der Waals surface area (Å²) >= 11 is 0. The Balaban J connectivity index is 4.41. The van der Waals surface area contributed by atoms with E-state index in [1.54, 1.807) is 6.26 Å². The van der Waals surface area contributed by atoms with Crippen LogP contribution in [0.4, 0.5) is 0 Å². The molecule has 56 heavy (non-hydrogen) atoms. The van der Waals surface area contributed by atoms with Gasteiger partial charge in [-0.15, -0.1) is 0 Å². The van der Waals surface area contributed by atoms with Crippen molar-refractivity contribution in [3.63, 3.8) is 0 Å². The lowest BCUT2D eigenvalue weighted by molar-refractivity contribution is -0.870. The second kappa shape index (κ2) is 39.6. The number of aliphatic hydroxyl groups is 1. The van der Waals surface area contributed by atoms with Crippen LogP contribution >= 0.6 is 7.82 Å². The molecule has 0 amide bonds. The Morgan fingerprint density at radius 2 is 1.07 bits per heavy atom. The van der Waals surface area contributed by atoms with E-state index in [1.165, 1.54) is 57.8 Å². The number of esters is 1. The third-order valence-electron chi connectivity index (χ3n) is 8.88. The first-order valence-electron chi connectivity index (χ1n) is 21.8. The summed E-state index contributed by atoms with van der Waals surface area (Å²) in [6.45, 7) is 2.81. The molecule has 0 aromatic rings. The van der Waals surface area contributed by atoms with Crippen LogP contribution in [0.25, 0.3) is 0 Å². The molecule has 0 aliphatic rings. The molecule has 0 saturated heterocycles. The van der Waals surface area contributed by atoms with Crippen molar-refractivity contribution >= 4 is 13.8 Å². The van der Waals surface area contributed by atoms with Crippen molar-refractivity contribution in [2.75, 3.05) is 54.1 Å². The molecule has 324 valence electrons. The zero-order valence-electron chi connectivity index (χ0n) is 36.0. The number of nitrogens with zero attached hydrogens (tertiary/aromatic N) is 1. The molecule has 0 aromatic heterocycles. The molecular weight excluding hydrogens is 725 g/mol. The Hall–Kier alpha value is -2.26. The number of hydrogen-bond acceptors (Lipinski definition) is 7. The number of phosphoric acid groups is 1. The number of carbonyl (C=O) groups excluding carboxylic acids is 1. The van der Waals surface area contributed by atoms with Crippen molar-refractivity contribution in [3.05, 3.63) is 73.1 Å². The average molecular weight is 809 g/mol. The van der Waals surface area contributed by atoms with Gasteiger partial charge in [0.2, 0.25) is 0 Å². The fraction of sp³-hybridized carbons (Fsp3) is 0.717. The van der Waals surface area contributed by atoms with Crippen molar-refractivity contribution in [1.82, 2.24) is 0 Å². The highest BCUT2D eigenvalue weighted by molar-refractivity contribution is 7.47. The van der Waals surface area contributed by atoms with Gasteiger partial charge in [0, 0.05) is 13.0 Å². The molecule has 2 atom stereocenters. The van der Waals surface area contributed by atoms with Crippen LogP contribution in [0.15, 0.2) is 73.1 Å². The molecule has 2 N–H and O–H groups in total. The first kappa shape index (κ1) is 53.7. The molecule has 0 spiro atoms. The number of phosphoric ester groups is 1. The zero-order valence-corrected chi connectivity index (χ0v) is 36.9. The van der Waals surface area contributed by atoms with Crippen LogP contribution in [-0.4, -0.2) is 80.7 Å². The number of aliphatic hydroxyl groups excluding tert-OH is 1. The number of ether oxygens (including phenoxy) is 2. The van der Waals surface area contributed by atoms with Gasteiger partial charge >= 0.3 is 13.8 Å². The number of carbonyl (C=O) groups is 1. The Morgan fingerprint density at radius 1 is 0.607 bits per heavy atom. The van der Waals surface area contributed by atoms with E-state index in [4.69, 9.17) is 23.6 Å². The van der Waals surface area contributed by atoms with Gasteiger partial charge in [0.05, 0.1) is 34.0 Å². The summed E-state index contributed by atoms with van der Waals surface area (Å²) < 4.78 is 34.7. The smallest absolute Gasteiger partial charge is 0.472 e. The Labute approximate surface area is 343 Å². The maximum atomic E-state index is 12.5. The number of allylic oxidation sites excluding steroid dienone is 11. The van der Waals surface area contributed by atoms with E-state index in [-0.39, 0.29) is 38.8 Å². The average Bonchev–Trinajstić information content (AvgIpc) is 3.15. The Kier molecular flexibility index (Phi) is 38.0. The molecule has 0 bridgehead atoms. The predicted molar refractivity (Wildman–Crippen MR) is 234 cm³/mol. The third kappa shape index (κ3) is 42.9. The molecule has 0 radical (unpaired) electrons. The lowest BCUT2D eigenvalue weighted by Gasteiger charge is -2.24. The fourth-order valence-electron chi connectivity index (χ4n) is 5.38. The van der Waals surface area contributed by atoms with Gasteiger partial charge in [-0.25, -0.2) is 4.57 Å². The number of rotatable bonds is 40. The van der Waals surface area contributed by atoms with Crippen molar-refractivity contribution < 1.29 is 42.4 Å². The molecule has 0 aliphatic carbocycles. The molecule has 0 aromatic carbocycles. The molecule has 0 heterocycles. The highest BCUT2D eigenvalue weighted by Gasteiger charge is 2.25. The van der Waals surface area contributed by atoms with Crippen LogP contribution in [0.5, 0.6) is 0 Å². The largest absolute Gasteiger partial charge is 0.492 e. The molecule has 0 aliphatic heterocycles.